The van der Waals surface area contributed by atoms with Crippen LogP contribution >= 0.6 is 0 Å². The van der Waals surface area contributed by atoms with Crippen LogP contribution in [-0.4, -0.2) is 39.8 Å². The third-order valence-electron chi connectivity index (χ3n) is 5.76. The predicted octanol–water partition coefficient (Wildman–Crippen LogP) is -0.750. The number of aromatic nitrogens is 2. The number of hydrogen-bond acceptors (Lipinski definition) is 6. The Bertz CT molecular complexity index is 1250. The van der Waals surface area contributed by atoms with E-state index >= 15 is 0 Å². The van der Waals surface area contributed by atoms with Gasteiger partial charge in [-0.05, 0) is 17.7 Å². The summed E-state index contributed by atoms with van der Waals surface area (Å²) in [6, 6.07) is 16.5. The van der Waals surface area contributed by atoms with Crippen molar-refractivity contribution in [2.24, 2.45) is 0 Å². The lowest BCUT2D eigenvalue weighted by Crippen LogP contribution is -3.00. The van der Waals surface area contributed by atoms with E-state index in [0.29, 0.717) is 29.9 Å². The van der Waals surface area contributed by atoms with Gasteiger partial charge in [-0.15, -0.1) is 0 Å². The van der Waals surface area contributed by atoms with Crippen LogP contribution < -0.4 is 21.5 Å². The summed E-state index contributed by atoms with van der Waals surface area (Å²) in [5, 5.41) is 0. The molecule has 3 aromatic rings. The molecule has 36 heavy (non-hydrogen) atoms. The molecular formula is C26H26BrN3O6. The number of carbonyl (C=O) groups is 4. The summed E-state index contributed by atoms with van der Waals surface area (Å²) in [6.07, 6.45) is 2.19. The molecule has 0 aliphatic carbocycles. The monoisotopic (exact) mass is 555 g/mol. The van der Waals surface area contributed by atoms with Crippen LogP contribution in [0.3, 0.4) is 0 Å². The largest absolute Gasteiger partial charge is 1.00 e. The minimum Gasteiger partial charge on any atom is -1.00 e. The molecule has 1 aliphatic heterocycles. The number of esters is 2. The summed E-state index contributed by atoms with van der Waals surface area (Å²) < 4.78 is 14.2. The number of benzene rings is 2. The SMILES string of the molecule is CC(=O)OCc1n(COC(C)=O)c(CCN2C(=O)c3ccccc3C2=O)c[n+]1Cc1ccccc1.[Br-]. The molecule has 0 spiro atoms. The zero-order chi connectivity index (χ0) is 24.9. The lowest BCUT2D eigenvalue weighted by atomic mass is 10.1. The number of rotatable bonds is 9. The normalized spacial score (nSPS) is 12.2. The third kappa shape index (κ3) is 5.88. The first kappa shape index (κ1) is 26.8. The minimum atomic E-state index is -0.460. The molecule has 188 valence electrons. The number of imidazole rings is 1. The second-order valence-electron chi connectivity index (χ2n) is 8.18. The highest BCUT2D eigenvalue weighted by atomic mass is 79.9. The highest BCUT2D eigenvalue weighted by Gasteiger charge is 2.35. The molecule has 0 saturated heterocycles. The van der Waals surface area contributed by atoms with E-state index in [0.717, 1.165) is 11.3 Å². The van der Waals surface area contributed by atoms with Crippen LogP contribution in [0.15, 0.2) is 60.8 Å². The van der Waals surface area contributed by atoms with Crippen molar-refractivity contribution >= 4 is 23.8 Å². The van der Waals surface area contributed by atoms with Crippen LogP contribution in [0.2, 0.25) is 0 Å². The van der Waals surface area contributed by atoms with Crippen LogP contribution in [0.5, 0.6) is 0 Å². The molecular weight excluding hydrogens is 530 g/mol. The first-order chi connectivity index (χ1) is 16.8. The van der Waals surface area contributed by atoms with Crippen molar-refractivity contribution in [2.75, 3.05) is 6.54 Å². The fourth-order valence-electron chi connectivity index (χ4n) is 4.07. The number of hydrogen-bond donors (Lipinski definition) is 0. The Morgan fingerprint density at radius 1 is 0.861 bits per heavy atom. The summed E-state index contributed by atoms with van der Waals surface area (Å²) >= 11 is 0. The van der Waals surface area contributed by atoms with Gasteiger partial charge in [0.2, 0.25) is 6.73 Å². The van der Waals surface area contributed by atoms with Gasteiger partial charge in [0.15, 0.2) is 6.61 Å². The average Bonchev–Trinajstić information content (AvgIpc) is 3.29. The summed E-state index contributed by atoms with van der Waals surface area (Å²) in [4.78, 5) is 49.9. The Kier molecular flexibility index (Phi) is 8.76. The molecule has 2 amide bonds. The molecule has 0 N–H and O–H groups in total. The van der Waals surface area contributed by atoms with Crippen LogP contribution in [0, 0.1) is 0 Å². The molecule has 1 aliphatic rings. The van der Waals surface area contributed by atoms with Gasteiger partial charge in [0.05, 0.1) is 11.1 Å². The van der Waals surface area contributed by atoms with Gasteiger partial charge in [0, 0.05) is 26.8 Å². The van der Waals surface area contributed by atoms with E-state index in [4.69, 9.17) is 9.47 Å². The summed E-state index contributed by atoms with van der Waals surface area (Å²) in [7, 11) is 0. The standard InChI is InChI=1S/C26H26N3O6.BrH/c1-18(30)34-16-24-27(14-20-8-4-3-5-9-20)15-21(29(24)17-35-19(2)31)12-13-28-25(32)22-10-6-7-11-23(22)26(28)33;/h3-11,15H,12-14,16-17H2,1-2H3;1H/q+1;/p-1. The van der Waals surface area contributed by atoms with Gasteiger partial charge in [-0.25, -0.2) is 4.57 Å². The number of ether oxygens (including phenoxy) is 2. The van der Waals surface area contributed by atoms with E-state index in [-0.39, 0.29) is 48.7 Å². The molecule has 1 aromatic heterocycles. The van der Waals surface area contributed by atoms with Crippen LogP contribution in [0.25, 0.3) is 0 Å². The Balaban J connectivity index is 0.00000361. The number of fused-ring (bicyclic) bond motifs is 1. The Morgan fingerprint density at radius 3 is 2.03 bits per heavy atom. The summed E-state index contributed by atoms with van der Waals surface area (Å²) in [5.74, 6) is -0.952. The maximum absolute atomic E-state index is 12.8. The fraction of sp³-hybridized carbons (Fsp3) is 0.269. The number of nitrogens with zero attached hydrogens (tertiary/aromatic N) is 3. The second-order valence-corrected chi connectivity index (χ2v) is 8.18. The van der Waals surface area contributed by atoms with Crippen molar-refractivity contribution in [2.45, 2.75) is 40.2 Å². The Hall–Kier alpha value is -3.79. The zero-order valence-corrected chi connectivity index (χ0v) is 21.6. The highest BCUT2D eigenvalue weighted by Crippen LogP contribution is 2.23. The van der Waals surface area contributed by atoms with Gasteiger partial charge in [0.25, 0.3) is 17.6 Å². The van der Waals surface area contributed by atoms with Gasteiger partial charge in [-0.2, -0.15) is 4.57 Å². The summed E-state index contributed by atoms with van der Waals surface area (Å²) in [5.41, 5.74) is 2.53. The van der Waals surface area contributed by atoms with Gasteiger partial charge >= 0.3 is 11.9 Å². The van der Waals surface area contributed by atoms with Gasteiger partial charge in [-0.3, -0.25) is 24.1 Å². The van der Waals surface area contributed by atoms with E-state index in [9.17, 15) is 19.2 Å². The Morgan fingerprint density at radius 2 is 1.44 bits per heavy atom. The number of amides is 2. The molecule has 4 rings (SSSR count). The topological polar surface area (TPSA) is 98.8 Å². The maximum atomic E-state index is 12.8. The molecule has 0 radical (unpaired) electrons. The van der Waals surface area contributed by atoms with Crippen molar-refractivity contribution in [3.05, 3.63) is 89.0 Å². The molecule has 2 heterocycles. The molecule has 0 fully saturated rings. The van der Waals surface area contributed by atoms with Crippen molar-refractivity contribution in [3.63, 3.8) is 0 Å². The van der Waals surface area contributed by atoms with Crippen molar-refractivity contribution in [3.8, 4) is 0 Å². The molecule has 0 saturated carbocycles. The summed E-state index contributed by atoms with van der Waals surface area (Å²) in [6.45, 7) is 3.15. The van der Waals surface area contributed by atoms with Gasteiger partial charge in [0.1, 0.15) is 18.4 Å². The van der Waals surface area contributed by atoms with E-state index in [1.54, 1.807) is 28.8 Å². The van der Waals surface area contributed by atoms with E-state index in [2.05, 4.69) is 0 Å². The Labute approximate surface area is 219 Å². The smallest absolute Gasteiger partial charge is 0.305 e. The quantitative estimate of drug-likeness (QED) is 0.196. The van der Waals surface area contributed by atoms with Crippen LogP contribution in [0.1, 0.15) is 51.6 Å². The molecule has 10 heteroatoms. The van der Waals surface area contributed by atoms with E-state index in [1.807, 2.05) is 41.1 Å². The van der Waals surface area contributed by atoms with Crippen molar-refractivity contribution < 1.29 is 50.2 Å². The highest BCUT2D eigenvalue weighted by molar-refractivity contribution is 6.21. The van der Waals surface area contributed by atoms with Crippen molar-refractivity contribution in [1.82, 2.24) is 9.47 Å². The van der Waals surface area contributed by atoms with Crippen LogP contribution in [-0.2, 0) is 45.4 Å². The molecule has 2 aromatic carbocycles. The number of imide groups is 1. The predicted molar refractivity (Wildman–Crippen MR) is 123 cm³/mol. The van der Waals surface area contributed by atoms with Crippen molar-refractivity contribution in [1.29, 1.82) is 0 Å². The number of carbonyl (C=O) groups excluding carboxylic acids is 4. The second kappa shape index (κ2) is 11.8. The first-order valence-electron chi connectivity index (χ1n) is 11.2. The number of halogens is 1. The molecule has 9 nitrogen and oxygen atoms in total. The van der Waals surface area contributed by atoms with Gasteiger partial charge < -0.3 is 26.5 Å². The lowest BCUT2D eigenvalue weighted by molar-refractivity contribution is -0.697. The van der Waals surface area contributed by atoms with Crippen LogP contribution in [0.4, 0.5) is 0 Å². The lowest BCUT2D eigenvalue weighted by Gasteiger charge is -2.13. The fourth-order valence-corrected chi connectivity index (χ4v) is 4.07. The molecule has 0 unspecified atom stereocenters. The first-order valence-corrected chi connectivity index (χ1v) is 11.2. The van der Waals surface area contributed by atoms with E-state index < -0.39 is 11.9 Å². The van der Waals surface area contributed by atoms with E-state index in [1.165, 1.54) is 18.7 Å². The zero-order valence-electron chi connectivity index (χ0n) is 20.0. The van der Waals surface area contributed by atoms with Gasteiger partial charge in [-0.1, -0.05) is 42.5 Å². The average molecular weight is 556 g/mol. The minimum absolute atomic E-state index is 0. The maximum Gasteiger partial charge on any atom is 0.305 e. The third-order valence-corrected chi connectivity index (χ3v) is 5.76. The molecule has 0 atom stereocenters. The molecule has 0 bridgehead atoms.